The molecule has 1 heterocycles. The van der Waals surface area contributed by atoms with E-state index in [1.54, 1.807) is 11.3 Å². The van der Waals surface area contributed by atoms with Crippen LogP contribution in [-0.2, 0) is 6.54 Å². The number of fused-ring (bicyclic) bond motifs is 1. The summed E-state index contributed by atoms with van der Waals surface area (Å²) in [5.41, 5.74) is 1.25. The van der Waals surface area contributed by atoms with E-state index < -0.39 is 0 Å². The maximum absolute atomic E-state index is 5.24. The zero-order valence-corrected chi connectivity index (χ0v) is 11.8. The molecule has 0 unspecified atom stereocenters. The zero-order valence-electron chi connectivity index (χ0n) is 10.9. The van der Waals surface area contributed by atoms with Crippen molar-refractivity contribution < 1.29 is 0 Å². The standard InChI is InChI=1S/C15H17N3S/c1-3-9-17-15(16-4-2)18-10-12-11-19-14-8-6-5-7-13(12)14/h1,5-8,11H,4,9-10H2,2H3,(H2,16,17,18). The van der Waals surface area contributed by atoms with E-state index in [9.17, 15) is 0 Å². The van der Waals surface area contributed by atoms with Gasteiger partial charge in [-0.1, -0.05) is 24.1 Å². The highest BCUT2D eigenvalue weighted by Gasteiger charge is 2.03. The lowest BCUT2D eigenvalue weighted by Gasteiger charge is -2.08. The van der Waals surface area contributed by atoms with Gasteiger partial charge in [0.15, 0.2) is 5.96 Å². The van der Waals surface area contributed by atoms with Crippen molar-refractivity contribution in [2.75, 3.05) is 13.1 Å². The Morgan fingerprint density at radius 2 is 2.21 bits per heavy atom. The minimum absolute atomic E-state index is 0.482. The minimum atomic E-state index is 0.482. The van der Waals surface area contributed by atoms with Crippen LogP contribution < -0.4 is 10.6 Å². The van der Waals surface area contributed by atoms with Gasteiger partial charge in [0, 0.05) is 11.2 Å². The molecule has 0 radical (unpaired) electrons. The van der Waals surface area contributed by atoms with E-state index in [2.05, 4.69) is 51.2 Å². The normalized spacial score (nSPS) is 11.3. The van der Waals surface area contributed by atoms with Crippen molar-refractivity contribution in [1.29, 1.82) is 0 Å². The average Bonchev–Trinajstić information content (AvgIpc) is 2.85. The van der Waals surface area contributed by atoms with E-state index in [0.717, 1.165) is 12.5 Å². The maximum atomic E-state index is 5.24. The molecular formula is C15H17N3S. The number of benzene rings is 1. The van der Waals surface area contributed by atoms with Crippen LogP contribution in [0.2, 0.25) is 0 Å². The van der Waals surface area contributed by atoms with Crippen molar-refractivity contribution in [2.24, 2.45) is 4.99 Å². The highest BCUT2D eigenvalue weighted by molar-refractivity contribution is 7.17. The fraction of sp³-hybridized carbons (Fsp3) is 0.267. The lowest BCUT2D eigenvalue weighted by Crippen LogP contribution is -2.37. The van der Waals surface area contributed by atoms with E-state index in [1.165, 1.54) is 15.6 Å². The first kappa shape index (κ1) is 13.4. The fourth-order valence-electron chi connectivity index (χ4n) is 1.80. The molecule has 98 valence electrons. The van der Waals surface area contributed by atoms with Crippen LogP contribution in [0.15, 0.2) is 34.6 Å². The summed E-state index contributed by atoms with van der Waals surface area (Å²) < 4.78 is 1.30. The Bertz CT molecular complexity index is 607. The molecule has 0 aliphatic rings. The van der Waals surface area contributed by atoms with E-state index in [-0.39, 0.29) is 0 Å². The van der Waals surface area contributed by atoms with Gasteiger partial charge in [-0.2, -0.15) is 0 Å². The van der Waals surface area contributed by atoms with Gasteiger partial charge in [-0.25, -0.2) is 4.99 Å². The summed E-state index contributed by atoms with van der Waals surface area (Å²) in [7, 11) is 0. The first-order valence-electron chi connectivity index (χ1n) is 6.26. The predicted molar refractivity (Wildman–Crippen MR) is 83.5 cm³/mol. The van der Waals surface area contributed by atoms with Gasteiger partial charge in [0.2, 0.25) is 0 Å². The number of hydrogen-bond donors (Lipinski definition) is 2. The van der Waals surface area contributed by atoms with E-state index in [4.69, 9.17) is 6.42 Å². The van der Waals surface area contributed by atoms with Gasteiger partial charge >= 0.3 is 0 Å². The van der Waals surface area contributed by atoms with Crippen LogP contribution in [0.4, 0.5) is 0 Å². The minimum Gasteiger partial charge on any atom is -0.357 e. The van der Waals surface area contributed by atoms with E-state index in [1.807, 2.05) is 6.92 Å². The lowest BCUT2D eigenvalue weighted by molar-refractivity contribution is 0.867. The smallest absolute Gasteiger partial charge is 0.192 e. The lowest BCUT2D eigenvalue weighted by atomic mass is 10.2. The van der Waals surface area contributed by atoms with Crippen molar-refractivity contribution in [1.82, 2.24) is 10.6 Å². The molecule has 0 amide bonds. The second-order valence-corrected chi connectivity index (χ2v) is 4.92. The van der Waals surface area contributed by atoms with Crippen molar-refractivity contribution in [2.45, 2.75) is 13.5 Å². The molecule has 0 spiro atoms. The van der Waals surface area contributed by atoms with Crippen LogP contribution in [0.3, 0.4) is 0 Å². The Kier molecular flexibility index (Phi) is 4.82. The van der Waals surface area contributed by atoms with Crippen LogP contribution in [0.25, 0.3) is 10.1 Å². The van der Waals surface area contributed by atoms with Gasteiger partial charge in [0.05, 0.1) is 13.1 Å². The van der Waals surface area contributed by atoms with Crippen LogP contribution in [0, 0.1) is 12.3 Å². The van der Waals surface area contributed by atoms with Crippen LogP contribution in [0.1, 0.15) is 12.5 Å². The molecule has 3 nitrogen and oxygen atoms in total. The Labute approximate surface area is 117 Å². The summed E-state index contributed by atoms with van der Waals surface area (Å²) in [6, 6.07) is 8.39. The predicted octanol–water partition coefficient (Wildman–Crippen LogP) is 2.59. The fourth-order valence-corrected chi connectivity index (χ4v) is 2.75. The summed E-state index contributed by atoms with van der Waals surface area (Å²) >= 11 is 1.75. The monoisotopic (exact) mass is 271 g/mol. The molecule has 0 atom stereocenters. The summed E-state index contributed by atoms with van der Waals surface area (Å²) in [6.45, 7) is 3.99. The van der Waals surface area contributed by atoms with Gasteiger partial charge in [-0.3, -0.25) is 0 Å². The number of hydrogen-bond acceptors (Lipinski definition) is 2. The molecule has 2 aromatic rings. The largest absolute Gasteiger partial charge is 0.357 e. The van der Waals surface area contributed by atoms with Gasteiger partial charge in [-0.15, -0.1) is 17.8 Å². The van der Waals surface area contributed by atoms with Crippen LogP contribution >= 0.6 is 11.3 Å². The average molecular weight is 271 g/mol. The second kappa shape index (κ2) is 6.81. The number of thiophene rings is 1. The molecule has 19 heavy (non-hydrogen) atoms. The third kappa shape index (κ3) is 3.49. The summed E-state index contributed by atoms with van der Waals surface area (Å²) in [6.07, 6.45) is 5.24. The van der Waals surface area contributed by atoms with Crippen molar-refractivity contribution in [3.63, 3.8) is 0 Å². The number of guanidine groups is 1. The Morgan fingerprint density at radius 3 is 3.00 bits per heavy atom. The first-order chi connectivity index (χ1) is 9.35. The molecule has 4 heteroatoms. The van der Waals surface area contributed by atoms with Gasteiger partial charge in [-0.05, 0) is 29.3 Å². The molecule has 1 aromatic carbocycles. The van der Waals surface area contributed by atoms with Gasteiger partial charge in [0.25, 0.3) is 0 Å². The molecule has 0 aliphatic carbocycles. The first-order valence-corrected chi connectivity index (χ1v) is 7.14. The van der Waals surface area contributed by atoms with Crippen LogP contribution in [-0.4, -0.2) is 19.0 Å². The summed E-state index contributed by atoms with van der Waals surface area (Å²) in [5, 5.41) is 9.71. The summed E-state index contributed by atoms with van der Waals surface area (Å²) in [5.74, 6) is 3.31. The Hall–Kier alpha value is -1.99. The molecule has 0 aliphatic heterocycles. The Balaban J connectivity index is 2.12. The molecule has 0 saturated carbocycles. The highest BCUT2D eigenvalue weighted by atomic mass is 32.1. The molecule has 0 fully saturated rings. The number of rotatable bonds is 4. The topological polar surface area (TPSA) is 36.4 Å². The summed E-state index contributed by atoms with van der Waals surface area (Å²) in [4.78, 5) is 4.55. The zero-order chi connectivity index (χ0) is 13.5. The maximum Gasteiger partial charge on any atom is 0.192 e. The third-order valence-electron chi connectivity index (χ3n) is 2.67. The molecule has 2 rings (SSSR count). The SMILES string of the molecule is C#CCNC(=NCc1csc2ccccc12)NCC. The second-order valence-electron chi connectivity index (χ2n) is 4.01. The molecule has 2 N–H and O–H groups in total. The number of aliphatic imine (C=N–C) groups is 1. The number of nitrogens with zero attached hydrogens (tertiary/aromatic N) is 1. The molecule has 0 bridgehead atoms. The van der Waals surface area contributed by atoms with Crippen molar-refractivity contribution >= 4 is 27.4 Å². The van der Waals surface area contributed by atoms with Crippen molar-refractivity contribution in [3.05, 3.63) is 35.2 Å². The Morgan fingerprint density at radius 1 is 1.37 bits per heavy atom. The molecule has 1 aromatic heterocycles. The van der Waals surface area contributed by atoms with E-state index >= 15 is 0 Å². The van der Waals surface area contributed by atoms with Crippen LogP contribution in [0.5, 0.6) is 0 Å². The molecule has 0 saturated heterocycles. The third-order valence-corrected chi connectivity index (χ3v) is 3.68. The highest BCUT2D eigenvalue weighted by Crippen LogP contribution is 2.25. The molecular weight excluding hydrogens is 254 g/mol. The van der Waals surface area contributed by atoms with Crippen molar-refractivity contribution in [3.8, 4) is 12.3 Å². The van der Waals surface area contributed by atoms with Gasteiger partial charge in [0.1, 0.15) is 0 Å². The number of terminal acetylenes is 1. The van der Waals surface area contributed by atoms with Gasteiger partial charge < -0.3 is 10.6 Å². The number of nitrogens with one attached hydrogen (secondary N) is 2. The van der Waals surface area contributed by atoms with E-state index in [0.29, 0.717) is 13.1 Å². The quantitative estimate of drug-likeness (QED) is 0.509.